The molecule has 0 atom stereocenters. The summed E-state index contributed by atoms with van der Waals surface area (Å²) < 4.78 is 7.82. The van der Waals surface area contributed by atoms with Crippen LogP contribution in [0, 0.1) is 6.92 Å². The first-order valence-corrected chi connectivity index (χ1v) is 13.5. The van der Waals surface area contributed by atoms with Crippen molar-refractivity contribution in [2.75, 3.05) is 38.2 Å². The van der Waals surface area contributed by atoms with E-state index >= 15 is 0 Å². The molecule has 0 bridgehead atoms. The third-order valence-electron chi connectivity index (χ3n) is 6.70. The van der Waals surface area contributed by atoms with Crippen molar-refractivity contribution in [1.29, 1.82) is 0 Å². The molecule has 5 heteroatoms. The lowest BCUT2D eigenvalue weighted by atomic mass is 10.0. The number of benzene rings is 2. The van der Waals surface area contributed by atoms with Crippen LogP contribution in [0.25, 0.3) is 0 Å². The Hall–Kier alpha value is -2.89. The average molecular weight is 492 g/mol. The second-order valence-electron chi connectivity index (χ2n) is 9.49. The summed E-state index contributed by atoms with van der Waals surface area (Å²) in [5.41, 5.74) is 6.30. The van der Waals surface area contributed by atoms with E-state index in [0.29, 0.717) is 5.92 Å². The molecule has 1 N–H and O–H groups in total. The Balaban J connectivity index is 0.00000157. The lowest BCUT2D eigenvalue weighted by Crippen LogP contribution is -2.37. The standard InChI is InChI=1S/C29H37N3O2.C2H6.H2/c1-22(2)25-11-7-12-26(20-25)30-29(33)28-21-27(19-24-9-5-4-6-10-24)32(23(28)3)14-8-13-31-15-17-34-18-16-31;1-2;/h4-7,9-12,20-22H,8,13-19H2,1-3H3,(H,30,33);1-2H3;1H. The third-order valence-corrected chi connectivity index (χ3v) is 6.70. The zero-order valence-corrected chi connectivity index (χ0v) is 22.7. The van der Waals surface area contributed by atoms with E-state index < -0.39 is 0 Å². The number of aromatic nitrogens is 1. The second-order valence-corrected chi connectivity index (χ2v) is 9.49. The highest BCUT2D eigenvalue weighted by Gasteiger charge is 2.19. The summed E-state index contributed by atoms with van der Waals surface area (Å²) in [5.74, 6) is 0.378. The van der Waals surface area contributed by atoms with Gasteiger partial charge in [0.2, 0.25) is 0 Å². The van der Waals surface area contributed by atoms with Gasteiger partial charge in [0.15, 0.2) is 0 Å². The molecular formula is C31H45N3O2. The van der Waals surface area contributed by atoms with E-state index in [9.17, 15) is 4.79 Å². The molecule has 0 spiro atoms. The topological polar surface area (TPSA) is 46.5 Å². The van der Waals surface area contributed by atoms with Gasteiger partial charge >= 0.3 is 0 Å². The quantitative estimate of drug-likeness (QED) is 0.360. The maximum absolute atomic E-state index is 13.3. The summed E-state index contributed by atoms with van der Waals surface area (Å²) in [5, 5.41) is 3.13. The Morgan fingerprint density at radius 2 is 1.72 bits per heavy atom. The number of rotatable bonds is 9. The van der Waals surface area contributed by atoms with Crippen LogP contribution < -0.4 is 5.32 Å². The summed E-state index contributed by atoms with van der Waals surface area (Å²) >= 11 is 0. The van der Waals surface area contributed by atoms with Crippen LogP contribution >= 0.6 is 0 Å². The number of anilines is 1. The van der Waals surface area contributed by atoms with Crippen LogP contribution in [0.3, 0.4) is 0 Å². The van der Waals surface area contributed by atoms with Crippen LogP contribution in [-0.4, -0.2) is 48.2 Å². The molecule has 3 aromatic rings. The molecule has 5 nitrogen and oxygen atoms in total. The van der Waals surface area contributed by atoms with Gasteiger partial charge in [0.25, 0.3) is 5.91 Å². The van der Waals surface area contributed by atoms with Crippen LogP contribution in [0.4, 0.5) is 5.69 Å². The number of hydrogen-bond donors (Lipinski definition) is 1. The van der Waals surface area contributed by atoms with E-state index in [2.05, 4.69) is 78.0 Å². The Morgan fingerprint density at radius 1 is 1.00 bits per heavy atom. The highest BCUT2D eigenvalue weighted by molar-refractivity contribution is 6.05. The van der Waals surface area contributed by atoms with Crippen molar-refractivity contribution in [3.63, 3.8) is 0 Å². The van der Waals surface area contributed by atoms with Crippen molar-refractivity contribution in [1.82, 2.24) is 9.47 Å². The summed E-state index contributed by atoms with van der Waals surface area (Å²) in [6.45, 7) is 16.0. The predicted molar refractivity (Wildman–Crippen MR) is 152 cm³/mol. The van der Waals surface area contributed by atoms with Gasteiger partial charge in [0.05, 0.1) is 18.8 Å². The second kappa shape index (κ2) is 14.0. The van der Waals surface area contributed by atoms with Crippen molar-refractivity contribution < 1.29 is 11.0 Å². The minimum atomic E-state index is -0.0420. The van der Waals surface area contributed by atoms with Crippen LogP contribution in [0.1, 0.15) is 74.3 Å². The van der Waals surface area contributed by atoms with E-state index in [-0.39, 0.29) is 7.33 Å². The summed E-state index contributed by atoms with van der Waals surface area (Å²) in [7, 11) is 0. The minimum absolute atomic E-state index is 0. The van der Waals surface area contributed by atoms with E-state index in [1.807, 2.05) is 32.0 Å². The van der Waals surface area contributed by atoms with Gasteiger partial charge < -0.3 is 14.6 Å². The Morgan fingerprint density at radius 3 is 2.42 bits per heavy atom. The molecule has 1 aliphatic rings. The van der Waals surface area contributed by atoms with Crippen molar-refractivity contribution in [2.24, 2.45) is 0 Å². The molecule has 1 aromatic heterocycles. The van der Waals surface area contributed by atoms with E-state index in [1.165, 1.54) is 16.8 Å². The van der Waals surface area contributed by atoms with Crippen molar-refractivity contribution in [3.05, 3.63) is 88.7 Å². The smallest absolute Gasteiger partial charge is 0.257 e. The maximum atomic E-state index is 13.3. The molecule has 4 rings (SSSR count). The van der Waals surface area contributed by atoms with Gasteiger partial charge in [-0.25, -0.2) is 0 Å². The number of carbonyl (C=O) groups is 1. The molecule has 0 radical (unpaired) electrons. The fourth-order valence-electron chi connectivity index (χ4n) is 4.65. The number of nitrogens with zero attached hydrogens (tertiary/aromatic N) is 2. The molecular weight excluding hydrogens is 446 g/mol. The van der Waals surface area contributed by atoms with Crippen LogP contribution in [0.5, 0.6) is 0 Å². The number of carbonyl (C=O) groups excluding carboxylic acids is 1. The Bertz CT molecular complexity index is 1090. The molecule has 1 aliphatic heterocycles. The molecule has 0 aliphatic carbocycles. The van der Waals surface area contributed by atoms with Crippen molar-refractivity contribution >= 4 is 11.6 Å². The number of hydrogen-bond acceptors (Lipinski definition) is 3. The number of ether oxygens (including phenoxy) is 1. The number of nitrogens with one attached hydrogen (secondary N) is 1. The molecule has 196 valence electrons. The SMILES string of the molecule is CC.Cc1c(C(=O)Nc2cccc(C(C)C)c2)cc(Cc2ccccc2)n1CCCN1CCOCC1.[HH]. The molecule has 36 heavy (non-hydrogen) atoms. The molecule has 1 amide bonds. The van der Waals surface area contributed by atoms with Crippen molar-refractivity contribution in [3.8, 4) is 0 Å². The largest absolute Gasteiger partial charge is 0.379 e. The highest BCUT2D eigenvalue weighted by atomic mass is 16.5. The molecule has 1 saturated heterocycles. The first kappa shape index (κ1) is 27.7. The van der Waals surface area contributed by atoms with E-state index in [0.717, 1.165) is 69.2 Å². The zero-order valence-electron chi connectivity index (χ0n) is 22.7. The van der Waals surface area contributed by atoms with Gasteiger partial charge in [-0.1, -0.05) is 70.2 Å². The summed E-state index contributed by atoms with van der Waals surface area (Å²) in [6, 6.07) is 20.7. The molecule has 2 heterocycles. The monoisotopic (exact) mass is 491 g/mol. The van der Waals surface area contributed by atoms with Crippen LogP contribution in [-0.2, 0) is 17.7 Å². The fourth-order valence-corrected chi connectivity index (χ4v) is 4.65. The normalized spacial score (nSPS) is 13.8. The summed E-state index contributed by atoms with van der Waals surface area (Å²) in [4.78, 5) is 15.8. The van der Waals surface area contributed by atoms with Gasteiger partial charge in [0, 0.05) is 51.1 Å². The molecule has 1 fully saturated rings. The van der Waals surface area contributed by atoms with Gasteiger partial charge in [-0.2, -0.15) is 0 Å². The zero-order chi connectivity index (χ0) is 25.9. The van der Waals surface area contributed by atoms with Gasteiger partial charge in [-0.15, -0.1) is 0 Å². The lowest BCUT2D eigenvalue weighted by molar-refractivity contribution is 0.0369. The Kier molecular flexibility index (Phi) is 10.8. The van der Waals surface area contributed by atoms with Gasteiger partial charge in [0.1, 0.15) is 0 Å². The van der Waals surface area contributed by atoms with Gasteiger partial charge in [-0.05, 0) is 48.6 Å². The average Bonchev–Trinajstić information content (AvgIpc) is 3.21. The maximum Gasteiger partial charge on any atom is 0.257 e. The van der Waals surface area contributed by atoms with Crippen LogP contribution in [0.15, 0.2) is 60.7 Å². The number of amides is 1. The first-order valence-electron chi connectivity index (χ1n) is 13.5. The van der Waals surface area contributed by atoms with Gasteiger partial charge in [-0.3, -0.25) is 9.69 Å². The van der Waals surface area contributed by atoms with E-state index in [1.54, 1.807) is 0 Å². The molecule has 0 saturated carbocycles. The minimum Gasteiger partial charge on any atom is -0.379 e. The lowest BCUT2D eigenvalue weighted by Gasteiger charge is -2.26. The highest BCUT2D eigenvalue weighted by Crippen LogP contribution is 2.23. The molecule has 0 unspecified atom stereocenters. The first-order chi connectivity index (χ1) is 17.5. The Labute approximate surface area is 219 Å². The third kappa shape index (κ3) is 7.55. The number of morpholine rings is 1. The predicted octanol–water partition coefficient (Wildman–Crippen LogP) is 6.76. The van der Waals surface area contributed by atoms with Crippen LogP contribution in [0.2, 0.25) is 0 Å². The molecule has 2 aromatic carbocycles. The fraction of sp³-hybridized carbons (Fsp3) is 0.452. The van der Waals surface area contributed by atoms with Crippen molar-refractivity contribution in [2.45, 2.75) is 59.9 Å². The van der Waals surface area contributed by atoms with E-state index in [4.69, 9.17) is 4.74 Å². The summed E-state index contributed by atoms with van der Waals surface area (Å²) in [6.07, 6.45) is 1.87.